The van der Waals surface area contributed by atoms with Crippen molar-refractivity contribution in [3.8, 4) is 0 Å². The number of imide groups is 1. The summed E-state index contributed by atoms with van der Waals surface area (Å²) in [5.41, 5.74) is 1.16. The van der Waals surface area contributed by atoms with Crippen molar-refractivity contribution >= 4 is 29.2 Å². The summed E-state index contributed by atoms with van der Waals surface area (Å²) in [4.78, 5) is 42.2. The summed E-state index contributed by atoms with van der Waals surface area (Å²) in [7, 11) is 3.81. The Morgan fingerprint density at radius 1 is 1.06 bits per heavy atom. The molecule has 0 spiro atoms. The number of hydrogen-bond donors (Lipinski definition) is 3. The zero-order valence-electron chi connectivity index (χ0n) is 18.3. The molecule has 0 aromatic heterocycles. The second-order valence-corrected chi connectivity index (χ2v) is 8.58. The van der Waals surface area contributed by atoms with Gasteiger partial charge < -0.3 is 15.1 Å². The third kappa shape index (κ3) is 3.18. The second-order valence-electron chi connectivity index (χ2n) is 8.58. The molecule has 0 aliphatic carbocycles. The number of benzene rings is 2. The number of aliphatic carboxylic acids is 1. The number of nitrogens with one attached hydrogen (secondary N) is 1. The number of amides is 2. The van der Waals surface area contributed by atoms with Gasteiger partial charge in [0, 0.05) is 25.8 Å². The Morgan fingerprint density at radius 2 is 1.69 bits per heavy atom. The lowest BCUT2D eigenvalue weighted by Crippen LogP contribution is -2.58. The minimum atomic E-state index is -1.94. The van der Waals surface area contributed by atoms with E-state index in [-0.39, 0.29) is 0 Å². The fourth-order valence-corrected chi connectivity index (χ4v) is 4.81. The lowest BCUT2D eigenvalue weighted by atomic mass is 9.79. The quantitative estimate of drug-likeness (QED) is 0.589. The van der Waals surface area contributed by atoms with Crippen LogP contribution < -0.4 is 15.1 Å². The monoisotopic (exact) mass is 437 g/mol. The number of carboxylic acids is 1. The molecular formula is C24H27N3O5. The van der Waals surface area contributed by atoms with Crippen LogP contribution in [0.4, 0.5) is 11.4 Å². The average molecular weight is 437 g/mol. The van der Waals surface area contributed by atoms with Crippen LogP contribution in [0.15, 0.2) is 48.5 Å². The standard InChI is InChI=1S/C24H27N3O5/c1-4-14-5-9-17(10-6-14)27-21(29)18-19(22(27)30)24(13-28,23(31)32)25-20(18)15-7-11-16(12-8-15)26(2)3/h5-12,18-20,25,28H,4,13H2,1-3H3,(H,31,32). The molecule has 2 aromatic carbocycles. The number of carboxylic acid groups (broad SMARTS) is 1. The summed E-state index contributed by atoms with van der Waals surface area (Å²) in [6, 6.07) is 13.7. The molecule has 2 fully saturated rings. The maximum atomic E-state index is 13.5. The highest BCUT2D eigenvalue weighted by Crippen LogP contribution is 2.49. The number of carbonyl (C=O) groups is 3. The smallest absolute Gasteiger partial charge is 0.327 e. The van der Waals surface area contributed by atoms with Crippen LogP contribution in [0.1, 0.15) is 24.1 Å². The Morgan fingerprint density at radius 3 is 2.19 bits per heavy atom. The van der Waals surface area contributed by atoms with Gasteiger partial charge >= 0.3 is 5.97 Å². The molecule has 2 amide bonds. The van der Waals surface area contributed by atoms with Gasteiger partial charge in [-0.05, 0) is 41.8 Å². The summed E-state index contributed by atoms with van der Waals surface area (Å²) in [5.74, 6) is -4.59. The third-order valence-corrected chi connectivity index (χ3v) is 6.66. The van der Waals surface area contributed by atoms with E-state index in [2.05, 4.69) is 5.32 Å². The molecule has 32 heavy (non-hydrogen) atoms. The van der Waals surface area contributed by atoms with Gasteiger partial charge in [-0.3, -0.25) is 19.7 Å². The van der Waals surface area contributed by atoms with E-state index < -0.39 is 47.8 Å². The Balaban J connectivity index is 1.79. The molecule has 2 saturated heterocycles. The zero-order chi connectivity index (χ0) is 23.2. The van der Waals surface area contributed by atoms with E-state index in [9.17, 15) is 24.6 Å². The minimum absolute atomic E-state index is 0.408. The normalized spacial score (nSPS) is 27.0. The molecule has 0 radical (unpaired) electrons. The lowest BCUT2D eigenvalue weighted by molar-refractivity contribution is -0.150. The largest absolute Gasteiger partial charge is 0.480 e. The number of hydrogen-bond acceptors (Lipinski definition) is 6. The highest BCUT2D eigenvalue weighted by molar-refractivity contribution is 6.24. The topological polar surface area (TPSA) is 110 Å². The highest BCUT2D eigenvalue weighted by Gasteiger charge is 2.68. The summed E-state index contributed by atoms with van der Waals surface area (Å²) in [6.45, 7) is 1.20. The molecule has 8 heteroatoms. The van der Waals surface area contributed by atoms with Crippen LogP contribution in [-0.2, 0) is 20.8 Å². The molecule has 2 heterocycles. The lowest BCUT2D eigenvalue weighted by Gasteiger charge is -2.29. The van der Waals surface area contributed by atoms with Crippen molar-refractivity contribution < 1.29 is 24.6 Å². The van der Waals surface area contributed by atoms with E-state index in [1.54, 1.807) is 12.1 Å². The summed E-state index contributed by atoms with van der Waals surface area (Å²) >= 11 is 0. The first-order chi connectivity index (χ1) is 15.2. The first-order valence-corrected chi connectivity index (χ1v) is 10.6. The van der Waals surface area contributed by atoms with Crippen LogP contribution in [0, 0.1) is 11.8 Å². The molecular weight excluding hydrogens is 410 g/mol. The number of aliphatic hydroxyl groups is 1. The Kier molecular flexibility index (Phi) is 5.52. The maximum Gasteiger partial charge on any atom is 0.327 e. The van der Waals surface area contributed by atoms with Crippen LogP contribution in [-0.4, -0.2) is 54.2 Å². The maximum absolute atomic E-state index is 13.5. The molecule has 0 saturated carbocycles. The van der Waals surface area contributed by atoms with Crippen molar-refractivity contribution in [2.24, 2.45) is 11.8 Å². The highest BCUT2D eigenvalue weighted by atomic mass is 16.4. The van der Waals surface area contributed by atoms with Crippen LogP contribution in [0.5, 0.6) is 0 Å². The number of aliphatic hydroxyl groups excluding tert-OH is 1. The van der Waals surface area contributed by atoms with Gasteiger partial charge in [0.15, 0.2) is 5.54 Å². The van der Waals surface area contributed by atoms with Gasteiger partial charge in [0.05, 0.1) is 24.1 Å². The molecule has 4 rings (SSSR count). The number of anilines is 2. The van der Waals surface area contributed by atoms with Crippen molar-refractivity contribution in [3.63, 3.8) is 0 Å². The molecule has 2 aromatic rings. The Labute approximate surface area is 186 Å². The van der Waals surface area contributed by atoms with Gasteiger partial charge in [-0.2, -0.15) is 0 Å². The summed E-state index contributed by atoms with van der Waals surface area (Å²) in [5, 5.41) is 23.1. The fraction of sp³-hybridized carbons (Fsp3) is 0.375. The number of fused-ring (bicyclic) bond motifs is 1. The van der Waals surface area contributed by atoms with Gasteiger partial charge in [-0.25, -0.2) is 4.90 Å². The predicted octanol–water partition coefficient (Wildman–Crippen LogP) is 1.58. The van der Waals surface area contributed by atoms with E-state index in [0.717, 1.165) is 22.6 Å². The van der Waals surface area contributed by atoms with Gasteiger partial charge in [0.25, 0.3) is 0 Å². The fourth-order valence-electron chi connectivity index (χ4n) is 4.81. The van der Waals surface area contributed by atoms with Crippen molar-refractivity contribution in [3.05, 3.63) is 59.7 Å². The number of nitrogens with zero attached hydrogens (tertiary/aromatic N) is 2. The predicted molar refractivity (Wildman–Crippen MR) is 119 cm³/mol. The molecule has 4 atom stereocenters. The summed E-state index contributed by atoms with van der Waals surface area (Å²) in [6.07, 6.45) is 0.814. The van der Waals surface area contributed by atoms with E-state index in [1.165, 1.54) is 0 Å². The van der Waals surface area contributed by atoms with Crippen molar-refractivity contribution in [1.29, 1.82) is 0 Å². The third-order valence-electron chi connectivity index (χ3n) is 6.66. The number of rotatable bonds is 6. The van der Waals surface area contributed by atoms with Crippen LogP contribution in [0.3, 0.4) is 0 Å². The Bertz CT molecular complexity index is 1050. The second kappa shape index (κ2) is 8.03. The molecule has 2 aliphatic heterocycles. The van der Waals surface area contributed by atoms with Crippen LogP contribution >= 0.6 is 0 Å². The van der Waals surface area contributed by atoms with Crippen LogP contribution in [0.25, 0.3) is 0 Å². The zero-order valence-corrected chi connectivity index (χ0v) is 18.3. The first kappa shape index (κ1) is 22.0. The average Bonchev–Trinajstić information content (AvgIpc) is 3.28. The number of carbonyl (C=O) groups excluding carboxylic acids is 2. The van der Waals surface area contributed by atoms with E-state index in [4.69, 9.17) is 0 Å². The van der Waals surface area contributed by atoms with Crippen molar-refractivity contribution in [2.75, 3.05) is 30.5 Å². The van der Waals surface area contributed by atoms with Crippen molar-refractivity contribution in [1.82, 2.24) is 5.32 Å². The number of aryl methyl sites for hydroxylation is 1. The van der Waals surface area contributed by atoms with E-state index >= 15 is 0 Å². The Hall–Kier alpha value is -3.23. The molecule has 168 valence electrons. The van der Waals surface area contributed by atoms with Crippen molar-refractivity contribution in [2.45, 2.75) is 24.9 Å². The van der Waals surface area contributed by atoms with E-state index in [0.29, 0.717) is 11.3 Å². The minimum Gasteiger partial charge on any atom is -0.480 e. The molecule has 8 nitrogen and oxygen atoms in total. The van der Waals surface area contributed by atoms with Crippen LogP contribution in [0.2, 0.25) is 0 Å². The molecule has 3 N–H and O–H groups in total. The SMILES string of the molecule is CCc1ccc(N2C(=O)C3C(c4ccc(N(C)C)cc4)NC(CO)(C(=O)O)C3C2=O)cc1. The van der Waals surface area contributed by atoms with Gasteiger partial charge in [0.1, 0.15) is 0 Å². The summed E-state index contributed by atoms with van der Waals surface area (Å²) < 4.78 is 0. The molecule has 0 bridgehead atoms. The van der Waals surface area contributed by atoms with Gasteiger partial charge in [-0.1, -0.05) is 31.2 Å². The molecule has 4 unspecified atom stereocenters. The molecule has 2 aliphatic rings. The van der Waals surface area contributed by atoms with Gasteiger partial charge in [-0.15, -0.1) is 0 Å². The van der Waals surface area contributed by atoms with E-state index in [1.807, 2.05) is 62.3 Å². The first-order valence-electron chi connectivity index (χ1n) is 10.6. The van der Waals surface area contributed by atoms with Gasteiger partial charge in [0.2, 0.25) is 11.8 Å².